The van der Waals surface area contributed by atoms with Crippen molar-refractivity contribution < 1.29 is 0 Å². The fourth-order valence-electron chi connectivity index (χ4n) is 2.75. The molecule has 0 amide bonds. The fraction of sp³-hybridized carbons (Fsp3) is 0.333. The molecule has 4 heteroatoms. The van der Waals surface area contributed by atoms with Crippen LogP contribution < -0.4 is 5.32 Å². The first-order valence-electron chi connectivity index (χ1n) is 6.62. The van der Waals surface area contributed by atoms with Crippen molar-refractivity contribution in [2.24, 2.45) is 0 Å². The average molecular weight is 291 g/mol. The van der Waals surface area contributed by atoms with E-state index >= 15 is 0 Å². The summed E-state index contributed by atoms with van der Waals surface area (Å²) in [6.45, 7) is 0. The molecule has 0 spiro atoms. The van der Waals surface area contributed by atoms with E-state index < -0.39 is 0 Å². The van der Waals surface area contributed by atoms with Gasteiger partial charge in [-0.25, -0.2) is 0 Å². The van der Waals surface area contributed by atoms with Crippen LogP contribution in [0.15, 0.2) is 41.3 Å². The Morgan fingerprint density at radius 1 is 1.26 bits per heavy atom. The summed E-state index contributed by atoms with van der Waals surface area (Å²) in [7, 11) is 0. The van der Waals surface area contributed by atoms with Crippen molar-refractivity contribution in [1.82, 2.24) is 4.98 Å². The molecule has 2 aliphatic rings. The molecule has 1 aliphatic carbocycles. The van der Waals surface area contributed by atoms with E-state index in [2.05, 4.69) is 46.7 Å². The number of aromatic amines is 1. The van der Waals surface area contributed by atoms with E-state index in [1.165, 1.54) is 22.6 Å². The minimum Gasteiger partial charge on any atom is -0.368 e. The predicted octanol–water partition coefficient (Wildman–Crippen LogP) is 4.37. The summed E-state index contributed by atoms with van der Waals surface area (Å²) >= 11 is 8.09. The zero-order valence-corrected chi connectivity index (χ0v) is 12.0. The van der Waals surface area contributed by atoms with Crippen LogP contribution in [-0.2, 0) is 0 Å². The maximum atomic E-state index is 6.25. The van der Waals surface area contributed by atoms with Gasteiger partial charge in [0.15, 0.2) is 0 Å². The molecule has 2 heterocycles. The molecule has 1 fully saturated rings. The van der Waals surface area contributed by atoms with Gasteiger partial charge in [0.2, 0.25) is 0 Å². The van der Waals surface area contributed by atoms with Gasteiger partial charge in [-0.1, -0.05) is 30.3 Å². The molecular weight excluding hydrogens is 276 g/mol. The summed E-state index contributed by atoms with van der Waals surface area (Å²) in [5.41, 5.74) is 2.62. The number of hydrogen-bond donors (Lipinski definition) is 2. The number of nitrogens with one attached hydrogen (secondary N) is 2. The largest absolute Gasteiger partial charge is 0.368 e. The third-order valence-electron chi connectivity index (χ3n) is 3.87. The molecule has 4 rings (SSSR count). The zero-order chi connectivity index (χ0) is 12.8. The van der Waals surface area contributed by atoms with E-state index in [0.717, 1.165) is 11.6 Å². The fourth-order valence-corrected chi connectivity index (χ4v) is 4.22. The molecule has 3 atom stereocenters. The highest BCUT2D eigenvalue weighted by molar-refractivity contribution is 7.99. The topological polar surface area (TPSA) is 27.8 Å². The standard InChI is InChI=1S/C15H15ClN2S/c16-11-8-19-13-7-14(18-15(11)13)17-12-6-10(12)9-4-2-1-3-5-9/h1-5,7,10-12,17-18H,6,8H2. The molecule has 3 unspecified atom stereocenters. The number of anilines is 1. The third kappa shape index (κ3) is 2.15. The van der Waals surface area contributed by atoms with Crippen LogP contribution in [0.1, 0.15) is 29.0 Å². The lowest BCUT2D eigenvalue weighted by Crippen LogP contribution is -2.04. The van der Waals surface area contributed by atoms with Gasteiger partial charge in [0, 0.05) is 28.3 Å². The van der Waals surface area contributed by atoms with Crippen LogP contribution >= 0.6 is 23.4 Å². The summed E-state index contributed by atoms with van der Waals surface area (Å²) in [4.78, 5) is 4.73. The van der Waals surface area contributed by atoms with Crippen LogP contribution in [0.2, 0.25) is 0 Å². The molecule has 98 valence electrons. The maximum absolute atomic E-state index is 6.25. The number of H-pyrrole nitrogens is 1. The van der Waals surface area contributed by atoms with Gasteiger partial charge in [-0.2, -0.15) is 0 Å². The van der Waals surface area contributed by atoms with Crippen LogP contribution in [0, 0.1) is 0 Å². The minimum atomic E-state index is 0.139. The normalized spacial score (nSPS) is 28.2. The van der Waals surface area contributed by atoms with Gasteiger partial charge in [0.1, 0.15) is 5.82 Å². The molecular formula is C15H15ClN2S. The van der Waals surface area contributed by atoms with Crippen molar-refractivity contribution in [2.45, 2.75) is 28.7 Å². The highest BCUT2D eigenvalue weighted by Crippen LogP contribution is 2.46. The van der Waals surface area contributed by atoms with Crippen LogP contribution in [0.3, 0.4) is 0 Å². The van der Waals surface area contributed by atoms with Gasteiger partial charge in [-0.05, 0) is 18.1 Å². The van der Waals surface area contributed by atoms with Crippen LogP contribution in [0.5, 0.6) is 0 Å². The van der Waals surface area contributed by atoms with Gasteiger partial charge in [-0.15, -0.1) is 23.4 Å². The van der Waals surface area contributed by atoms with Crippen LogP contribution in [0.4, 0.5) is 5.82 Å². The van der Waals surface area contributed by atoms with E-state index in [4.69, 9.17) is 11.6 Å². The first-order valence-corrected chi connectivity index (χ1v) is 8.05. The number of fused-ring (bicyclic) bond motifs is 1. The van der Waals surface area contributed by atoms with Gasteiger partial charge in [0.25, 0.3) is 0 Å². The van der Waals surface area contributed by atoms with Crippen molar-refractivity contribution in [2.75, 3.05) is 11.1 Å². The summed E-state index contributed by atoms with van der Waals surface area (Å²) in [5.74, 6) is 2.75. The Balaban J connectivity index is 1.45. The molecule has 0 bridgehead atoms. The number of benzene rings is 1. The lowest BCUT2D eigenvalue weighted by molar-refractivity contribution is 1.00. The third-order valence-corrected chi connectivity index (χ3v) is 5.57. The van der Waals surface area contributed by atoms with Crippen molar-refractivity contribution in [1.29, 1.82) is 0 Å². The lowest BCUT2D eigenvalue weighted by Gasteiger charge is -2.04. The number of aromatic nitrogens is 1. The van der Waals surface area contributed by atoms with Crippen LogP contribution in [0.25, 0.3) is 0 Å². The summed E-state index contributed by atoms with van der Waals surface area (Å²) < 4.78 is 0. The Morgan fingerprint density at radius 3 is 2.89 bits per heavy atom. The average Bonchev–Trinajstić information content (AvgIpc) is 2.94. The lowest BCUT2D eigenvalue weighted by atomic mass is 10.1. The van der Waals surface area contributed by atoms with E-state index in [-0.39, 0.29) is 5.38 Å². The van der Waals surface area contributed by atoms with Crippen molar-refractivity contribution in [3.05, 3.63) is 47.7 Å². The summed E-state index contributed by atoms with van der Waals surface area (Å²) in [6.07, 6.45) is 1.21. The Kier molecular flexibility index (Phi) is 2.78. The smallest absolute Gasteiger partial charge is 0.104 e. The molecule has 2 N–H and O–H groups in total. The SMILES string of the molecule is ClC1CSc2cc(NC3CC3c3ccccc3)[nH]c21. The van der Waals surface area contributed by atoms with Gasteiger partial charge in [0.05, 0.1) is 5.38 Å². The molecule has 1 aliphatic heterocycles. The quantitative estimate of drug-likeness (QED) is 0.822. The summed E-state index contributed by atoms with van der Waals surface area (Å²) in [6, 6.07) is 13.5. The Hall–Kier alpha value is -1.06. The molecule has 0 radical (unpaired) electrons. The second kappa shape index (κ2) is 4.50. The molecule has 2 aromatic rings. The zero-order valence-electron chi connectivity index (χ0n) is 10.4. The highest BCUT2D eigenvalue weighted by atomic mass is 35.5. The molecule has 19 heavy (non-hydrogen) atoms. The van der Waals surface area contributed by atoms with Gasteiger partial charge in [-0.3, -0.25) is 0 Å². The molecule has 1 aromatic carbocycles. The van der Waals surface area contributed by atoms with E-state index in [9.17, 15) is 0 Å². The second-order valence-corrected chi connectivity index (χ2v) is 6.83. The highest BCUT2D eigenvalue weighted by Gasteiger charge is 2.38. The minimum absolute atomic E-state index is 0.139. The molecule has 2 nitrogen and oxygen atoms in total. The first kappa shape index (κ1) is 11.7. The number of rotatable bonds is 3. The van der Waals surface area contributed by atoms with E-state index in [0.29, 0.717) is 12.0 Å². The number of hydrogen-bond acceptors (Lipinski definition) is 2. The maximum Gasteiger partial charge on any atom is 0.104 e. The van der Waals surface area contributed by atoms with Gasteiger partial charge < -0.3 is 10.3 Å². The van der Waals surface area contributed by atoms with Crippen LogP contribution in [-0.4, -0.2) is 16.8 Å². The summed E-state index contributed by atoms with van der Waals surface area (Å²) in [5, 5.41) is 3.73. The number of halogens is 1. The first-order chi connectivity index (χ1) is 9.31. The Labute approximate surface area is 121 Å². The van der Waals surface area contributed by atoms with Crippen molar-refractivity contribution in [3.63, 3.8) is 0 Å². The van der Waals surface area contributed by atoms with E-state index in [1.807, 2.05) is 11.8 Å². The van der Waals surface area contributed by atoms with Gasteiger partial charge >= 0.3 is 0 Å². The van der Waals surface area contributed by atoms with Crippen molar-refractivity contribution in [3.8, 4) is 0 Å². The molecule has 1 aromatic heterocycles. The molecule has 1 saturated carbocycles. The molecule has 0 saturated heterocycles. The monoisotopic (exact) mass is 290 g/mol. The predicted molar refractivity (Wildman–Crippen MR) is 81.3 cm³/mol. The van der Waals surface area contributed by atoms with Crippen molar-refractivity contribution >= 4 is 29.2 Å². The van der Waals surface area contributed by atoms with E-state index in [1.54, 1.807) is 0 Å². The Morgan fingerprint density at radius 2 is 2.11 bits per heavy atom. The Bertz CT molecular complexity index is 595. The second-order valence-electron chi connectivity index (χ2n) is 5.24. The number of alkyl halides is 1. The number of thioether (sulfide) groups is 1.